The van der Waals surface area contributed by atoms with Crippen LogP contribution in [-0.4, -0.2) is 64.7 Å². The summed E-state index contributed by atoms with van der Waals surface area (Å²) in [5.74, 6) is 0.416. The maximum Gasteiger partial charge on any atom is 0.407 e. The molecule has 2 amide bonds. The number of fused-ring (bicyclic) bond motifs is 4. The van der Waals surface area contributed by atoms with E-state index in [0.717, 1.165) is 18.6 Å². The summed E-state index contributed by atoms with van der Waals surface area (Å²) in [7, 11) is 0. The predicted molar refractivity (Wildman–Crippen MR) is 132 cm³/mol. The standard InChI is InChI=1S/C27H28N2O5S/c30-24(31)23-15-35-10-9-29(23)25(32)27-12-16(27)11-17(13-27)28-26(33)34-14-22-20-7-3-1-5-18(20)19-6-2-4-8-21(19)22/h1-8,16-17,22-23H,9-15H2,(H,28,33)(H,30,31). The monoisotopic (exact) mass is 492 g/mol. The molecule has 2 aromatic carbocycles. The molecular formula is C27H28N2O5S. The second kappa shape index (κ2) is 8.59. The fourth-order valence-electron chi connectivity index (χ4n) is 6.41. The van der Waals surface area contributed by atoms with Gasteiger partial charge in [-0.3, -0.25) is 4.79 Å². The van der Waals surface area contributed by atoms with Crippen LogP contribution < -0.4 is 5.32 Å². The van der Waals surface area contributed by atoms with E-state index in [1.807, 2.05) is 24.3 Å². The number of ether oxygens (including phenoxy) is 1. The zero-order chi connectivity index (χ0) is 24.2. The number of aliphatic carboxylic acids is 1. The lowest BCUT2D eigenvalue weighted by atomic mass is 9.98. The lowest BCUT2D eigenvalue weighted by Gasteiger charge is -2.35. The second-order valence-corrected chi connectivity index (χ2v) is 11.2. The smallest absolute Gasteiger partial charge is 0.407 e. The molecule has 7 nitrogen and oxygen atoms in total. The van der Waals surface area contributed by atoms with Gasteiger partial charge in [0.25, 0.3) is 0 Å². The van der Waals surface area contributed by atoms with Crippen LogP contribution in [0, 0.1) is 11.3 Å². The fourth-order valence-corrected chi connectivity index (χ4v) is 7.45. The molecule has 0 bridgehead atoms. The summed E-state index contributed by atoms with van der Waals surface area (Å²) in [4.78, 5) is 39.3. The number of thioether (sulfide) groups is 1. The van der Waals surface area contributed by atoms with Gasteiger partial charge >= 0.3 is 12.1 Å². The van der Waals surface area contributed by atoms with Gasteiger partial charge in [-0.2, -0.15) is 11.8 Å². The molecule has 4 unspecified atom stereocenters. The van der Waals surface area contributed by atoms with Gasteiger partial charge in [-0.25, -0.2) is 9.59 Å². The largest absolute Gasteiger partial charge is 0.480 e. The third kappa shape index (κ3) is 3.78. The molecule has 3 aliphatic carbocycles. The zero-order valence-electron chi connectivity index (χ0n) is 19.3. The van der Waals surface area contributed by atoms with E-state index in [0.29, 0.717) is 18.7 Å². The molecule has 4 aliphatic rings. The molecule has 6 rings (SSSR count). The van der Waals surface area contributed by atoms with Crippen LogP contribution in [0.3, 0.4) is 0 Å². The van der Waals surface area contributed by atoms with Crippen molar-refractivity contribution < 1.29 is 24.2 Å². The number of hydrogen-bond acceptors (Lipinski definition) is 5. The van der Waals surface area contributed by atoms with E-state index < -0.39 is 23.5 Å². The summed E-state index contributed by atoms with van der Waals surface area (Å²) in [6.45, 7) is 0.727. The predicted octanol–water partition coefficient (Wildman–Crippen LogP) is 3.72. The first-order chi connectivity index (χ1) is 17.0. The van der Waals surface area contributed by atoms with E-state index in [-0.39, 0.29) is 30.4 Å². The van der Waals surface area contributed by atoms with E-state index in [4.69, 9.17) is 4.74 Å². The van der Waals surface area contributed by atoms with E-state index in [9.17, 15) is 19.5 Å². The van der Waals surface area contributed by atoms with Gasteiger partial charge in [0.15, 0.2) is 0 Å². The first kappa shape index (κ1) is 22.5. The summed E-state index contributed by atoms with van der Waals surface area (Å²) in [5, 5.41) is 12.5. The molecule has 1 aliphatic heterocycles. The van der Waals surface area contributed by atoms with Crippen LogP contribution in [0.2, 0.25) is 0 Å². The van der Waals surface area contributed by atoms with Crippen molar-refractivity contribution in [2.75, 3.05) is 24.7 Å². The van der Waals surface area contributed by atoms with Crippen LogP contribution in [-0.2, 0) is 14.3 Å². The number of benzene rings is 2. The molecule has 3 fully saturated rings. The fraction of sp³-hybridized carbons (Fsp3) is 0.444. The van der Waals surface area contributed by atoms with Crippen LogP contribution in [0.4, 0.5) is 4.79 Å². The number of carbonyl (C=O) groups excluding carboxylic acids is 2. The van der Waals surface area contributed by atoms with Crippen molar-refractivity contribution in [2.45, 2.75) is 37.3 Å². The quantitative estimate of drug-likeness (QED) is 0.661. The topological polar surface area (TPSA) is 95.9 Å². The van der Waals surface area contributed by atoms with Gasteiger partial charge in [-0.05, 0) is 47.4 Å². The highest BCUT2D eigenvalue weighted by Gasteiger charge is 2.66. The van der Waals surface area contributed by atoms with Gasteiger partial charge in [-0.15, -0.1) is 0 Å². The SMILES string of the molecule is O=C(NC1CC2CC2(C(=O)N2CCSCC2C(=O)O)C1)OCC1c2ccccc2-c2ccccc21. The highest BCUT2D eigenvalue weighted by molar-refractivity contribution is 7.99. The second-order valence-electron chi connectivity index (χ2n) is 10.1. The van der Waals surface area contributed by atoms with Gasteiger partial charge in [0.1, 0.15) is 12.6 Å². The van der Waals surface area contributed by atoms with Gasteiger partial charge < -0.3 is 20.1 Å². The average molecular weight is 493 g/mol. The first-order valence-electron chi connectivity index (χ1n) is 12.2. The van der Waals surface area contributed by atoms with Gasteiger partial charge in [-0.1, -0.05) is 48.5 Å². The number of alkyl carbamates (subject to hydrolysis) is 1. The Morgan fingerprint density at radius 2 is 1.74 bits per heavy atom. The molecule has 2 aromatic rings. The van der Waals surface area contributed by atoms with E-state index in [1.54, 1.807) is 16.7 Å². The Hall–Kier alpha value is -3.00. The highest BCUT2D eigenvalue weighted by atomic mass is 32.2. The van der Waals surface area contributed by atoms with Crippen molar-refractivity contribution in [3.8, 4) is 11.1 Å². The minimum Gasteiger partial charge on any atom is -0.480 e. The zero-order valence-corrected chi connectivity index (χ0v) is 20.1. The maximum absolute atomic E-state index is 13.4. The molecule has 4 atom stereocenters. The molecule has 8 heteroatoms. The number of carboxylic acids is 1. The number of carboxylic acid groups (broad SMARTS) is 1. The molecule has 2 N–H and O–H groups in total. The Bertz CT molecular complexity index is 1160. The van der Waals surface area contributed by atoms with Gasteiger partial charge in [0, 0.05) is 30.0 Å². The minimum absolute atomic E-state index is 0.00275. The van der Waals surface area contributed by atoms with Crippen LogP contribution in [0.25, 0.3) is 11.1 Å². The average Bonchev–Trinajstić information content (AvgIpc) is 3.30. The number of rotatable bonds is 5. The van der Waals surface area contributed by atoms with Crippen LogP contribution in [0.1, 0.15) is 36.3 Å². The van der Waals surface area contributed by atoms with Crippen LogP contribution in [0.15, 0.2) is 48.5 Å². The number of hydrogen-bond donors (Lipinski definition) is 2. The molecule has 0 aromatic heterocycles. The van der Waals surface area contributed by atoms with Crippen LogP contribution in [0.5, 0.6) is 0 Å². The van der Waals surface area contributed by atoms with Gasteiger partial charge in [0.05, 0.1) is 5.41 Å². The normalized spacial score (nSPS) is 28.6. The number of nitrogens with zero attached hydrogens (tertiary/aromatic N) is 1. The molecule has 1 heterocycles. The summed E-state index contributed by atoms with van der Waals surface area (Å²) in [6, 6.07) is 15.6. The summed E-state index contributed by atoms with van der Waals surface area (Å²) in [5.41, 5.74) is 4.19. The molecule has 0 radical (unpaired) electrons. The Morgan fingerprint density at radius 3 is 2.43 bits per heavy atom. The van der Waals surface area contributed by atoms with Crippen LogP contribution >= 0.6 is 11.8 Å². The molecule has 2 saturated carbocycles. The highest BCUT2D eigenvalue weighted by Crippen LogP contribution is 2.64. The Morgan fingerprint density at radius 1 is 1.06 bits per heavy atom. The molecular weight excluding hydrogens is 464 g/mol. The summed E-state index contributed by atoms with van der Waals surface area (Å²) in [6.07, 6.45) is 1.61. The van der Waals surface area contributed by atoms with E-state index in [2.05, 4.69) is 29.6 Å². The van der Waals surface area contributed by atoms with Crippen molar-refractivity contribution in [3.05, 3.63) is 59.7 Å². The first-order valence-corrected chi connectivity index (χ1v) is 13.4. The molecule has 35 heavy (non-hydrogen) atoms. The van der Waals surface area contributed by atoms with Crippen molar-refractivity contribution in [3.63, 3.8) is 0 Å². The minimum atomic E-state index is -0.939. The lowest BCUT2D eigenvalue weighted by molar-refractivity contribution is -0.151. The van der Waals surface area contributed by atoms with E-state index >= 15 is 0 Å². The van der Waals surface area contributed by atoms with E-state index in [1.165, 1.54) is 22.3 Å². The van der Waals surface area contributed by atoms with Crippen molar-refractivity contribution in [2.24, 2.45) is 11.3 Å². The lowest BCUT2D eigenvalue weighted by Crippen LogP contribution is -2.53. The van der Waals surface area contributed by atoms with Crippen molar-refractivity contribution in [1.82, 2.24) is 10.2 Å². The van der Waals surface area contributed by atoms with Crippen molar-refractivity contribution >= 4 is 29.7 Å². The third-order valence-corrected chi connectivity index (χ3v) is 9.20. The summed E-state index contributed by atoms with van der Waals surface area (Å²) >= 11 is 1.58. The maximum atomic E-state index is 13.4. The number of nitrogens with one attached hydrogen (secondary N) is 1. The summed E-state index contributed by atoms with van der Waals surface area (Å²) < 4.78 is 5.68. The number of amides is 2. The Kier molecular flexibility index (Phi) is 5.51. The third-order valence-electron chi connectivity index (χ3n) is 8.18. The molecule has 1 saturated heterocycles. The van der Waals surface area contributed by atoms with Gasteiger partial charge in [0.2, 0.25) is 5.91 Å². The molecule has 182 valence electrons. The molecule has 0 spiro atoms. The van der Waals surface area contributed by atoms with Crippen molar-refractivity contribution in [1.29, 1.82) is 0 Å². The Labute approximate surface area is 208 Å². The Balaban J connectivity index is 1.07. The number of carbonyl (C=O) groups is 3.